The molecule has 1 fully saturated rings. The van der Waals surface area contributed by atoms with Crippen molar-refractivity contribution in [2.45, 2.75) is 44.9 Å². The van der Waals surface area contributed by atoms with Gasteiger partial charge in [-0.05, 0) is 73.1 Å². The second kappa shape index (κ2) is 6.97. The predicted molar refractivity (Wildman–Crippen MR) is 115 cm³/mol. The SMILES string of the molecule is CC(C)c1c([C@@H]2CC[C@@H](C(=O)O)C2)c2cc3[nH]ncc3cc2n1-c1ccc(F)cc1. The van der Waals surface area contributed by atoms with Gasteiger partial charge in [-0.3, -0.25) is 9.89 Å². The third-order valence-corrected chi connectivity index (χ3v) is 6.43. The molecule has 5 rings (SSSR count). The predicted octanol–water partition coefficient (Wildman–Crippen LogP) is 5.74. The first kappa shape index (κ1) is 18.9. The Morgan fingerprint density at radius 3 is 2.67 bits per heavy atom. The van der Waals surface area contributed by atoms with Crippen molar-refractivity contribution in [2.75, 3.05) is 0 Å². The smallest absolute Gasteiger partial charge is 0.306 e. The second-order valence-corrected chi connectivity index (χ2v) is 8.64. The molecule has 0 radical (unpaired) electrons. The minimum atomic E-state index is -0.707. The molecule has 1 aliphatic rings. The molecule has 0 bridgehead atoms. The van der Waals surface area contributed by atoms with E-state index >= 15 is 0 Å². The van der Waals surface area contributed by atoms with E-state index in [-0.39, 0.29) is 23.6 Å². The number of nitrogens with one attached hydrogen (secondary N) is 1. The van der Waals surface area contributed by atoms with Gasteiger partial charge in [-0.25, -0.2) is 4.39 Å². The fraction of sp³-hybridized carbons (Fsp3) is 0.333. The Labute approximate surface area is 173 Å². The Morgan fingerprint density at radius 2 is 2.00 bits per heavy atom. The number of hydrogen-bond acceptors (Lipinski definition) is 2. The van der Waals surface area contributed by atoms with Gasteiger partial charge in [0.25, 0.3) is 0 Å². The van der Waals surface area contributed by atoms with E-state index < -0.39 is 5.97 Å². The van der Waals surface area contributed by atoms with Crippen LogP contribution in [0.1, 0.15) is 56.2 Å². The molecule has 2 atom stereocenters. The number of carboxylic acids is 1. The third-order valence-electron chi connectivity index (χ3n) is 6.43. The van der Waals surface area contributed by atoms with Crippen molar-refractivity contribution in [3.63, 3.8) is 0 Å². The van der Waals surface area contributed by atoms with Crippen LogP contribution in [0.15, 0.2) is 42.6 Å². The summed E-state index contributed by atoms with van der Waals surface area (Å²) < 4.78 is 15.9. The number of aromatic nitrogens is 3. The number of aliphatic carboxylic acids is 1. The van der Waals surface area contributed by atoms with Gasteiger partial charge in [0.05, 0.1) is 23.1 Å². The number of nitrogens with zero attached hydrogens (tertiary/aromatic N) is 2. The van der Waals surface area contributed by atoms with Crippen LogP contribution in [0, 0.1) is 11.7 Å². The Balaban J connectivity index is 1.82. The maximum Gasteiger partial charge on any atom is 0.306 e. The number of aromatic amines is 1. The second-order valence-electron chi connectivity index (χ2n) is 8.64. The largest absolute Gasteiger partial charge is 0.481 e. The summed E-state index contributed by atoms with van der Waals surface area (Å²) in [5.41, 5.74) is 5.32. The molecule has 0 unspecified atom stereocenters. The van der Waals surface area contributed by atoms with Crippen molar-refractivity contribution in [1.29, 1.82) is 0 Å². The summed E-state index contributed by atoms with van der Waals surface area (Å²) >= 11 is 0. The van der Waals surface area contributed by atoms with Crippen LogP contribution in [0.4, 0.5) is 4.39 Å². The van der Waals surface area contributed by atoms with Crippen LogP contribution in [-0.2, 0) is 4.79 Å². The number of H-pyrrole nitrogens is 1. The lowest BCUT2D eigenvalue weighted by Gasteiger charge is -2.18. The number of carboxylic acid groups (broad SMARTS) is 1. The summed E-state index contributed by atoms with van der Waals surface area (Å²) in [5.74, 6) is -0.860. The molecular weight excluding hydrogens is 381 g/mol. The quantitative estimate of drug-likeness (QED) is 0.455. The molecule has 154 valence electrons. The summed E-state index contributed by atoms with van der Waals surface area (Å²) in [6.45, 7) is 4.32. The van der Waals surface area contributed by atoms with Gasteiger partial charge in [0.1, 0.15) is 5.82 Å². The molecular formula is C24H24FN3O2. The Hall–Kier alpha value is -3.15. The first-order valence-corrected chi connectivity index (χ1v) is 10.4. The van der Waals surface area contributed by atoms with Crippen LogP contribution < -0.4 is 0 Å². The number of halogens is 1. The van der Waals surface area contributed by atoms with Gasteiger partial charge < -0.3 is 9.67 Å². The number of hydrogen-bond donors (Lipinski definition) is 2. The van der Waals surface area contributed by atoms with Gasteiger partial charge in [-0.1, -0.05) is 13.8 Å². The van der Waals surface area contributed by atoms with Crippen molar-refractivity contribution < 1.29 is 14.3 Å². The van der Waals surface area contributed by atoms with E-state index in [9.17, 15) is 14.3 Å². The maximum absolute atomic E-state index is 13.6. The minimum Gasteiger partial charge on any atom is -0.481 e. The fourth-order valence-electron chi connectivity index (χ4n) is 5.10. The zero-order valence-corrected chi connectivity index (χ0v) is 17.0. The highest BCUT2D eigenvalue weighted by molar-refractivity contribution is 5.99. The molecule has 1 aliphatic carbocycles. The Kier molecular flexibility index (Phi) is 4.38. The molecule has 0 amide bonds. The average molecular weight is 405 g/mol. The van der Waals surface area contributed by atoms with Crippen LogP contribution in [0.2, 0.25) is 0 Å². The minimum absolute atomic E-state index is 0.188. The van der Waals surface area contributed by atoms with Gasteiger partial charge in [0.15, 0.2) is 0 Å². The van der Waals surface area contributed by atoms with Gasteiger partial charge in [-0.15, -0.1) is 0 Å². The van der Waals surface area contributed by atoms with E-state index in [1.807, 2.05) is 6.20 Å². The van der Waals surface area contributed by atoms with Gasteiger partial charge >= 0.3 is 5.97 Å². The molecule has 0 aliphatic heterocycles. The summed E-state index contributed by atoms with van der Waals surface area (Å²) in [6, 6.07) is 10.8. The zero-order valence-electron chi connectivity index (χ0n) is 17.0. The molecule has 2 N–H and O–H groups in total. The summed E-state index contributed by atoms with van der Waals surface area (Å²) in [4.78, 5) is 11.6. The maximum atomic E-state index is 13.6. The average Bonchev–Trinajstić information content (AvgIpc) is 3.43. The van der Waals surface area contributed by atoms with Crippen molar-refractivity contribution >= 4 is 27.8 Å². The molecule has 5 nitrogen and oxygen atoms in total. The number of carbonyl (C=O) groups is 1. The molecule has 2 aromatic carbocycles. The van der Waals surface area contributed by atoms with Crippen LogP contribution in [0.5, 0.6) is 0 Å². The number of benzene rings is 2. The summed E-state index contributed by atoms with van der Waals surface area (Å²) in [7, 11) is 0. The van der Waals surface area contributed by atoms with E-state index in [4.69, 9.17) is 0 Å². The normalized spacial score (nSPS) is 19.3. The lowest BCUT2D eigenvalue weighted by Crippen LogP contribution is -2.10. The lowest BCUT2D eigenvalue weighted by atomic mass is 9.90. The highest BCUT2D eigenvalue weighted by Gasteiger charge is 2.35. The van der Waals surface area contributed by atoms with Crippen LogP contribution in [-0.4, -0.2) is 25.8 Å². The Morgan fingerprint density at radius 1 is 1.23 bits per heavy atom. The van der Waals surface area contributed by atoms with Gasteiger partial charge in [0, 0.05) is 22.2 Å². The van der Waals surface area contributed by atoms with Crippen molar-refractivity contribution in [3.8, 4) is 5.69 Å². The van der Waals surface area contributed by atoms with E-state index in [0.717, 1.165) is 33.9 Å². The summed E-state index contributed by atoms with van der Waals surface area (Å²) in [6.07, 6.45) is 4.02. The van der Waals surface area contributed by atoms with Crippen LogP contribution in [0.25, 0.3) is 27.5 Å². The molecule has 0 spiro atoms. The Bertz CT molecular complexity index is 1250. The third kappa shape index (κ3) is 2.90. The number of fused-ring (bicyclic) bond motifs is 2. The molecule has 0 saturated heterocycles. The molecule has 2 heterocycles. The lowest BCUT2D eigenvalue weighted by molar-refractivity contribution is -0.141. The molecule has 6 heteroatoms. The van der Waals surface area contributed by atoms with Gasteiger partial charge in [-0.2, -0.15) is 5.10 Å². The van der Waals surface area contributed by atoms with E-state index in [0.29, 0.717) is 12.8 Å². The molecule has 2 aromatic heterocycles. The molecule has 30 heavy (non-hydrogen) atoms. The van der Waals surface area contributed by atoms with Crippen LogP contribution in [0.3, 0.4) is 0 Å². The van der Waals surface area contributed by atoms with Crippen LogP contribution >= 0.6 is 0 Å². The number of rotatable bonds is 4. The highest BCUT2D eigenvalue weighted by atomic mass is 19.1. The highest BCUT2D eigenvalue weighted by Crippen LogP contribution is 2.47. The van der Waals surface area contributed by atoms with E-state index in [2.05, 4.69) is 40.7 Å². The van der Waals surface area contributed by atoms with Crippen molar-refractivity contribution in [2.24, 2.45) is 5.92 Å². The van der Waals surface area contributed by atoms with E-state index in [1.54, 1.807) is 12.1 Å². The topological polar surface area (TPSA) is 70.9 Å². The zero-order chi connectivity index (χ0) is 21.0. The first-order chi connectivity index (χ1) is 14.4. The van der Waals surface area contributed by atoms with Gasteiger partial charge in [0.2, 0.25) is 0 Å². The fourth-order valence-corrected chi connectivity index (χ4v) is 5.10. The summed E-state index contributed by atoms with van der Waals surface area (Å²) in [5, 5.41) is 18.9. The molecule has 4 aromatic rings. The van der Waals surface area contributed by atoms with E-state index in [1.165, 1.54) is 23.4 Å². The monoisotopic (exact) mass is 405 g/mol. The molecule has 1 saturated carbocycles. The first-order valence-electron chi connectivity index (χ1n) is 10.4. The standard InChI is InChI=1S/C24H24FN3O2/c1-13(2)23-22(14-3-4-15(9-14)24(29)30)19-11-20-16(12-26-27-20)10-21(19)28(23)18-7-5-17(25)6-8-18/h5-8,10-15H,3-4,9H2,1-2H3,(H,26,27)(H,29,30)/t14-,15-/m1/s1. The van der Waals surface area contributed by atoms with Crippen molar-refractivity contribution in [3.05, 3.63) is 59.7 Å². The van der Waals surface area contributed by atoms with Crippen molar-refractivity contribution in [1.82, 2.24) is 14.8 Å².